The maximum Gasteiger partial charge on any atom is 0.274 e. The Morgan fingerprint density at radius 2 is 1.81 bits per heavy atom. The van der Waals surface area contributed by atoms with Gasteiger partial charge < -0.3 is 14.6 Å². The third kappa shape index (κ3) is 5.51. The van der Waals surface area contributed by atoms with Gasteiger partial charge in [-0.25, -0.2) is 4.98 Å². The number of benzene rings is 2. The molecule has 0 unspecified atom stereocenters. The van der Waals surface area contributed by atoms with Crippen LogP contribution in [0.4, 0.5) is 11.5 Å². The molecule has 3 aromatic heterocycles. The summed E-state index contributed by atoms with van der Waals surface area (Å²) in [6.45, 7) is 6.19. The van der Waals surface area contributed by atoms with Crippen molar-refractivity contribution in [3.8, 4) is 16.8 Å². The zero-order valence-electron chi connectivity index (χ0n) is 24.5. The number of ether oxygens (including phenoxy) is 1. The fourth-order valence-corrected chi connectivity index (χ4v) is 6.02. The number of nitrogens with one attached hydrogen (secondary N) is 1. The minimum atomic E-state index is -0.145. The van der Waals surface area contributed by atoms with Crippen LogP contribution >= 0.6 is 0 Å². The van der Waals surface area contributed by atoms with Gasteiger partial charge in [-0.3, -0.25) is 19.1 Å². The van der Waals surface area contributed by atoms with Gasteiger partial charge in [0.2, 0.25) is 0 Å². The summed E-state index contributed by atoms with van der Waals surface area (Å²) in [5, 5.41) is 4.93. The number of aryl methyl sites for hydroxylation is 1. The van der Waals surface area contributed by atoms with Gasteiger partial charge in [-0.2, -0.15) is 0 Å². The predicted molar refractivity (Wildman–Crippen MR) is 171 cm³/mol. The number of hydrogen-bond acceptors (Lipinski definition) is 6. The minimum Gasteiger partial charge on any atom is -0.379 e. The zero-order chi connectivity index (χ0) is 29.5. The molecule has 4 heterocycles. The Labute approximate surface area is 250 Å². The summed E-state index contributed by atoms with van der Waals surface area (Å²) in [4.78, 5) is 33.6. The van der Waals surface area contributed by atoms with E-state index in [4.69, 9.17) is 4.74 Å². The molecule has 0 radical (unpaired) electrons. The molecule has 2 fully saturated rings. The molecule has 8 heteroatoms. The molecule has 5 aromatic rings. The van der Waals surface area contributed by atoms with Gasteiger partial charge in [-0.05, 0) is 83.7 Å². The molecule has 8 nitrogen and oxygen atoms in total. The first-order chi connectivity index (χ1) is 20.9. The van der Waals surface area contributed by atoms with Crippen LogP contribution in [0.25, 0.3) is 27.6 Å². The van der Waals surface area contributed by atoms with Crippen molar-refractivity contribution in [1.82, 2.24) is 19.0 Å². The van der Waals surface area contributed by atoms with E-state index >= 15 is 0 Å². The largest absolute Gasteiger partial charge is 0.379 e. The van der Waals surface area contributed by atoms with Crippen LogP contribution in [0.3, 0.4) is 0 Å². The summed E-state index contributed by atoms with van der Waals surface area (Å²) in [6, 6.07) is 20.0. The van der Waals surface area contributed by atoms with E-state index in [0.717, 1.165) is 66.2 Å². The topological polar surface area (TPSA) is 81.4 Å². The Kier molecular flexibility index (Phi) is 7.16. The van der Waals surface area contributed by atoms with Gasteiger partial charge in [0.05, 0.1) is 18.9 Å². The predicted octanol–water partition coefficient (Wildman–Crippen LogP) is 5.51. The number of pyridine rings is 3. The molecular formula is C35H35N5O3. The van der Waals surface area contributed by atoms with E-state index in [9.17, 15) is 9.59 Å². The molecule has 0 bridgehead atoms. The standard InChI is InChI=1S/C35H35N5O3/c1-23-29(4-3-5-32(23)40-13-12-27-18-26(25-7-8-25)9-10-30(27)34(40)41)28-19-31(35(42)38(2)22-28)37-33-11-6-24(20-36-33)21-39-14-16-43-17-15-39/h3-6,9-13,18-20,22,25H,7-8,14-17,21H2,1-2H3,(H,36,37). The molecule has 1 saturated carbocycles. The molecule has 43 heavy (non-hydrogen) atoms. The first-order valence-corrected chi connectivity index (χ1v) is 14.9. The highest BCUT2D eigenvalue weighted by atomic mass is 16.5. The highest BCUT2D eigenvalue weighted by Gasteiger charge is 2.24. The molecule has 1 aliphatic heterocycles. The molecule has 218 valence electrons. The van der Waals surface area contributed by atoms with E-state index in [1.54, 1.807) is 16.2 Å². The van der Waals surface area contributed by atoms with E-state index in [1.165, 1.54) is 18.4 Å². The molecule has 2 aromatic carbocycles. The van der Waals surface area contributed by atoms with Crippen LogP contribution in [-0.4, -0.2) is 45.3 Å². The molecule has 1 N–H and O–H groups in total. The average Bonchev–Trinajstić information content (AvgIpc) is 3.87. The summed E-state index contributed by atoms with van der Waals surface area (Å²) in [5.41, 5.74) is 6.28. The zero-order valence-corrected chi connectivity index (χ0v) is 24.5. The van der Waals surface area contributed by atoms with Crippen LogP contribution < -0.4 is 16.4 Å². The van der Waals surface area contributed by atoms with Crippen molar-refractivity contribution in [2.24, 2.45) is 7.05 Å². The summed E-state index contributed by atoms with van der Waals surface area (Å²) < 4.78 is 8.74. The number of rotatable bonds is 7. The Morgan fingerprint density at radius 1 is 0.977 bits per heavy atom. The summed E-state index contributed by atoms with van der Waals surface area (Å²) >= 11 is 0. The van der Waals surface area contributed by atoms with Crippen molar-refractivity contribution in [1.29, 1.82) is 0 Å². The molecule has 1 aliphatic carbocycles. The highest BCUT2D eigenvalue weighted by molar-refractivity contribution is 5.83. The normalized spacial score (nSPS) is 15.6. The van der Waals surface area contributed by atoms with E-state index in [1.807, 2.05) is 74.0 Å². The molecule has 2 aliphatic rings. The fraction of sp³-hybridized carbons (Fsp3) is 0.286. The summed E-state index contributed by atoms with van der Waals surface area (Å²) in [6.07, 6.45) is 8.02. The van der Waals surface area contributed by atoms with Gasteiger partial charge in [0.15, 0.2) is 0 Å². The van der Waals surface area contributed by atoms with Gasteiger partial charge in [0.1, 0.15) is 11.5 Å². The lowest BCUT2D eigenvalue weighted by Gasteiger charge is -2.26. The number of aromatic nitrogens is 3. The Balaban J connectivity index is 1.18. The van der Waals surface area contributed by atoms with Gasteiger partial charge >= 0.3 is 0 Å². The Hall–Kier alpha value is -4.53. The van der Waals surface area contributed by atoms with Crippen LogP contribution in [0.2, 0.25) is 0 Å². The van der Waals surface area contributed by atoms with E-state index in [-0.39, 0.29) is 11.1 Å². The Morgan fingerprint density at radius 3 is 2.58 bits per heavy atom. The van der Waals surface area contributed by atoms with E-state index in [0.29, 0.717) is 22.8 Å². The van der Waals surface area contributed by atoms with Crippen molar-refractivity contribution >= 4 is 22.3 Å². The van der Waals surface area contributed by atoms with Crippen LogP contribution in [0, 0.1) is 6.92 Å². The van der Waals surface area contributed by atoms with Crippen molar-refractivity contribution < 1.29 is 4.74 Å². The van der Waals surface area contributed by atoms with Crippen molar-refractivity contribution in [2.45, 2.75) is 32.2 Å². The number of hydrogen-bond donors (Lipinski definition) is 1. The maximum atomic E-state index is 13.6. The van der Waals surface area contributed by atoms with Crippen LogP contribution in [0.5, 0.6) is 0 Å². The number of nitrogens with zero attached hydrogens (tertiary/aromatic N) is 4. The molecule has 0 amide bonds. The average molecular weight is 574 g/mol. The molecule has 7 rings (SSSR count). The second-order valence-corrected chi connectivity index (χ2v) is 11.7. The second-order valence-electron chi connectivity index (χ2n) is 11.7. The van der Waals surface area contributed by atoms with Crippen LogP contribution in [-0.2, 0) is 18.3 Å². The lowest BCUT2D eigenvalue weighted by atomic mass is 9.99. The van der Waals surface area contributed by atoms with Crippen molar-refractivity contribution in [2.75, 3.05) is 31.6 Å². The van der Waals surface area contributed by atoms with Crippen molar-refractivity contribution in [3.05, 3.63) is 117 Å². The second kappa shape index (κ2) is 11.3. The maximum absolute atomic E-state index is 13.6. The highest BCUT2D eigenvalue weighted by Crippen LogP contribution is 2.40. The minimum absolute atomic E-state index is 0.0361. The third-order valence-corrected chi connectivity index (χ3v) is 8.63. The molecular weight excluding hydrogens is 538 g/mol. The van der Waals surface area contributed by atoms with Gasteiger partial charge in [0.25, 0.3) is 11.1 Å². The summed E-state index contributed by atoms with van der Waals surface area (Å²) in [7, 11) is 1.75. The number of morpholine rings is 1. The first kappa shape index (κ1) is 27.3. The van der Waals surface area contributed by atoms with Gasteiger partial charge in [-0.15, -0.1) is 0 Å². The first-order valence-electron chi connectivity index (χ1n) is 14.9. The molecule has 0 spiro atoms. The van der Waals surface area contributed by atoms with Gasteiger partial charge in [-0.1, -0.05) is 30.3 Å². The quantitative estimate of drug-likeness (QED) is 0.277. The Bertz CT molecular complexity index is 1930. The molecule has 1 saturated heterocycles. The fourth-order valence-electron chi connectivity index (χ4n) is 6.02. The van der Waals surface area contributed by atoms with E-state index < -0.39 is 0 Å². The third-order valence-electron chi connectivity index (χ3n) is 8.63. The number of fused-ring (bicyclic) bond motifs is 1. The van der Waals surface area contributed by atoms with Crippen LogP contribution in [0.15, 0.2) is 88.8 Å². The smallest absolute Gasteiger partial charge is 0.274 e. The summed E-state index contributed by atoms with van der Waals surface area (Å²) in [5.74, 6) is 1.25. The lowest BCUT2D eigenvalue weighted by Crippen LogP contribution is -2.35. The molecule has 0 atom stereocenters. The monoisotopic (exact) mass is 573 g/mol. The SMILES string of the molecule is Cc1c(-c2cc(Nc3ccc(CN4CCOCC4)cn3)c(=O)n(C)c2)cccc1-n1ccc2cc(C3CC3)ccc2c1=O. The van der Waals surface area contributed by atoms with Crippen LogP contribution in [0.1, 0.15) is 35.4 Å². The van der Waals surface area contributed by atoms with Gasteiger partial charge in [0, 0.05) is 56.2 Å². The van der Waals surface area contributed by atoms with E-state index in [2.05, 4.69) is 27.3 Å². The number of anilines is 2. The lowest BCUT2D eigenvalue weighted by molar-refractivity contribution is 0.0341. The van der Waals surface area contributed by atoms with Crippen molar-refractivity contribution in [3.63, 3.8) is 0 Å².